The Bertz CT molecular complexity index is 831. The predicted octanol–water partition coefficient (Wildman–Crippen LogP) is 4.57. The third kappa shape index (κ3) is 6.45. The van der Waals surface area contributed by atoms with Crippen molar-refractivity contribution in [3.8, 4) is 0 Å². The lowest BCUT2D eigenvalue weighted by molar-refractivity contribution is -0.141. The van der Waals surface area contributed by atoms with Gasteiger partial charge in [-0.25, -0.2) is 0 Å². The summed E-state index contributed by atoms with van der Waals surface area (Å²) in [6, 6.07) is 15.6. The molecule has 2 aromatic rings. The van der Waals surface area contributed by atoms with Gasteiger partial charge in [-0.1, -0.05) is 67.9 Å². The zero-order chi connectivity index (χ0) is 21.4. The second-order valence-corrected chi connectivity index (χ2v) is 7.86. The van der Waals surface area contributed by atoms with Crippen molar-refractivity contribution < 1.29 is 9.59 Å². The van der Waals surface area contributed by atoms with Crippen LogP contribution in [0.3, 0.4) is 0 Å². The van der Waals surface area contributed by atoms with Gasteiger partial charge in [0.1, 0.15) is 6.04 Å². The molecule has 0 aliphatic carbocycles. The van der Waals surface area contributed by atoms with Crippen molar-refractivity contribution in [2.24, 2.45) is 0 Å². The van der Waals surface area contributed by atoms with Crippen molar-refractivity contribution in [1.82, 2.24) is 10.2 Å². The number of nitrogens with zero attached hydrogens (tertiary/aromatic N) is 1. The number of hydrogen-bond donors (Lipinski definition) is 1. The van der Waals surface area contributed by atoms with Crippen LogP contribution in [0, 0.1) is 13.8 Å². The van der Waals surface area contributed by atoms with E-state index < -0.39 is 6.04 Å². The van der Waals surface area contributed by atoms with E-state index >= 15 is 0 Å². The first-order chi connectivity index (χ1) is 13.8. The second kappa shape index (κ2) is 10.8. The van der Waals surface area contributed by atoms with Crippen LogP contribution in [0.1, 0.15) is 55.9 Å². The van der Waals surface area contributed by atoms with E-state index in [1.807, 2.05) is 83.1 Å². The molecular formula is C25H34N2O2. The van der Waals surface area contributed by atoms with Gasteiger partial charge >= 0.3 is 0 Å². The highest BCUT2D eigenvalue weighted by Crippen LogP contribution is 2.17. The number of aryl methyl sites for hydroxylation is 2. The number of rotatable bonds is 9. The number of benzene rings is 2. The summed E-state index contributed by atoms with van der Waals surface area (Å²) in [5.41, 5.74) is 4.29. The lowest BCUT2D eigenvalue weighted by Crippen LogP contribution is -2.51. The summed E-state index contributed by atoms with van der Waals surface area (Å²) in [5, 5.41) is 3.06. The van der Waals surface area contributed by atoms with Gasteiger partial charge in [0, 0.05) is 12.6 Å². The van der Waals surface area contributed by atoms with Gasteiger partial charge in [-0.3, -0.25) is 9.59 Å². The summed E-state index contributed by atoms with van der Waals surface area (Å²) in [6.07, 6.45) is 1.73. The molecule has 2 rings (SSSR count). The van der Waals surface area contributed by atoms with E-state index in [0.717, 1.165) is 28.7 Å². The van der Waals surface area contributed by atoms with Gasteiger partial charge in [0.25, 0.3) is 0 Å². The fourth-order valence-electron chi connectivity index (χ4n) is 3.43. The molecule has 0 unspecified atom stereocenters. The zero-order valence-corrected chi connectivity index (χ0v) is 18.4. The highest BCUT2D eigenvalue weighted by Gasteiger charge is 2.29. The van der Waals surface area contributed by atoms with Gasteiger partial charge in [-0.2, -0.15) is 0 Å². The largest absolute Gasteiger partial charge is 0.352 e. The number of nitrogens with one attached hydrogen (secondary N) is 1. The van der Waals surface area contributed by atoms with E-state index in [1.54, 1.807) is 4.90 Å². The summed E-state index contributed by atoms with van der Waals surface area (Å²) < 4.78 is 0. The van der Waals surface area contributed by atoms with E-state index in [2.05, 4.69) is 5.32 Å². The molecule has 0 bridgehead atoms. The smallest absolute Gasteiger partial charge is 0.243 e. The standard InChI is InChI=1S/C25H34N2O2/c1-6-20(5)26-25(29)23(7-2)27(17-22-14-9-8-12-19(22)4)24(28)16-21-13-10-11-18(3)15-21/h8-15,20,23H,6-7,16-17H2,1-5H3,(H,26,29)/t20-,23+/m0/s1. The maximum Gasteiger partial charge on any atom is 0.243 e. The molecule has 1 N–H and O–H groups in total. The number of carbonyl (C=O) groups is 2. The molecule has 0 spiro atoms. The average molecular weight is 395 g/mol. The highest BCUT2D eigenvalue weighted by molar-refractivity contribution is 5.88. The molecule has 0 saturated carbocycles. The number of carbonyl (C=O) groups excluding carboxylic acids is 2. The minimum absolute atomic E-state index is 0.0231. The zero-order valence-electron chi connectivity index (χ0n) is 18.4. The van der Waals surface area contributed by atoms with Crippen LogP contribution in [0.5, 0.6) is 0 Å². The number of amides is 2. The lowest BCUT2D eigenvalue weighted by Gasteiger charge is -2.32. The van der Waals surface area contributed by atoms with Crippen LogP contribution in [0.25, 0.3) is 0 Å². The predicted molar refractivity (Wildman–Crippen MR) is 119 cm³/mol. The summed E-state index contributed by atoms with van der Waals surface area (Å²) in [7, 11) is 0. The van der Waals surface area contributed by atoms with Crippen LogP contribution in [0.15, 0.2) is 48.5 Å². The third-order valence-corrected chi connectivity index (χ3v) is 5.43. The van der Waals surface area contributed by atoms with Crippen LogP contribution in [0.2, 0.25) is 0 Å². The Balaban J connectivity index is 2.31. The molecule has 0 aliphatic heterocycles. The normalized spacial score (nSPS) is 12.9. The molecule has 0 aromatic heterocycles. The molecule has 2 atom stereocenters. The van der Waals surface area contributed by atoms with Crippen molar-refractivity contribution in [3.05, 3.63) is 70.8 Å². The maximum atomic E-state index is 13.3. The Kier molecular flexibility index (Phi) is 8.44. The summed E-state index contributed by atoms with van der Waals surface area (Å²) >= 11 is 0. The van der Waals surface area contributed by atoms with Crippen LogP contribution < -0.4 is 5.32 Å². The highest BCUT2D eigenvalue weighted by atomic mass is 16.2. The van der Waals surface area contributed by atoms with E-state index in [0.29, 0.717) is 19.4 Å². The molecule has 0 radical (unpaired) electrons. The van der Waals surface area contributed by atoms with Gasteiger partial charge in [-0.05, 0) is 50.3 Å². The van der Waals surface area contributed by atoms with Gasteiger partial charge in [-0.15, -0.1) is 0 Å². The molecule has 2 amide bonds. The molecule has 156 valence electrons. The van der Waals surface area contributed by atoms with Crippen LogP contribution >= 0.6 is 0 Å². The Hall–Kier alpha value is -2.62. The Morgan fingerprint density at radius 3 is 2.34 bits per heavy atom. The van der Waals surface area contributed by atoms with E-state index in [-0.39, 0.29) is 17.9 Å². The molecule has 0 saturated heterocycles. The van der Waals surface area contributed by atoms with Crippen molar-refractivity contribution >= 4 is 11.8 Å². The molecule has 0 fully saturated rings. The van der Waals surface area contributed by atoms with Crippen molar-refractivity contribution in [2.45, 2.75) is 72.5 Å². The Morgan fingerprint density at radius 1 is 1.00 bits per heavy atom. The van der Waals surface area contributed by atoms with E-state index in [4.69, 9.17) is 0 Å². The van der Waals surface area contributed by atoms with Crippen molar-refractivity contribution in [2.75, 3.05) is 0 Å². The average Bonchev–Trinajstić information content (AvgIpc) is 2.69. The number of hydrogen-bond acceptors (Lipinski definition) is 2. The Labute approximate surface area is 175 Å². The minimum Gasteiger partial charge on any atom is -0.352 e. The molecule has 4 nitrogen and oxygen atoms in total. The van der Waals surface area contributed by atoms with E-state index in [1.165, 1.54) is 0 Å². The van der Waals surface area contributed by atoms with Crippen LogP contribution in [0.4, 0.5) is 0 Å². The minimum atomic E-state index is -0.485. The fourth-order valence-corrected chi connectivity index (χ4v) is 3.43. The van der Waals surface area contributed by atoms with Crippen LogP contribution in [-0.4, -0.2) is 28.8 Å². The first-order valence-electron chi connectivity index (χ1n) is 10.6. The molecule has 2 aromatic carbocycles. The Morgan fingerprint density at radius 2 is 1.72 bits per heavy atom. The molecule has 0 heterocycles. The van der Waals surface area contributed by atoms with Crippen LogP contribution in [-0.2, 0) is 22.6 Å². The van der Waals surface area contributed by atoms with Crippen molar-refractivity contribution in [3.63, 3.8) is 0 Å². The van der Waals surface area contributed by atoms with Gasteiger partial charge in [0.05, 0.1) is 6.42 Å². The van der Waals surface area contributed by atoms with E-state index in [9.17, 15) is 9.59 Å². The SMILES string of the molecule is CC[C@H](C(=O)N[C@@H](C)CC)N(Cc1ccccc1C)C(=O)Cc1cccc(C)c1. The molecular weight excluding hydrogens is 360 g/mol. The monoisotopic (exact) mass is 394 g/mol. The molecule has 29 heavy (non-hydrogen) atoms. The first kappa shape index (κ1) is 22.7. The first-order valence-corrected chi connectivity index (χ1v) is 10.6. The summed E-state index contributed by atoms with van der Waals surface area (Å²) in [5.74, 6) is -0.0990. The van der Waals surface area contributed by atoms with Gasteiger partial charge < -0.3 is 10.2 Å². The quantitative estimate of drug-likeness (QED) is 0.677. The second-order valence-electron chi connectivity index (χ2n) is 7.86. The van der Waals surface area contributed by atoms with Gasteiger partial charge in [0.2, 0.25) is 11.8 Å². The summed E-state index contributed by atoms with van der Waals surface area (Å²) in [4.78, 5) is 28.1. The van der Waals surface area contributed by atoms with Gasteiger partial charge in [0.15, 0.2) is 0 Å². The molecule has 0 aliphatic rings. The lowest BCUT2D eigenvalue weighted by atomic mass is 10.0. The summed E-state index contributed by atoms with van der Waals surface area (Å²) in [6.45, 7) is 10.5. The maximum absolute atomic E-state index is 13.3. The topological polar surface area (TPSA) is 49.4 Å². The third-order valence-electron chi connectivity index (χ3n) is 5.43. The fraction of sp³-hybridized carbons (Fsp3) is 0.440. The molecule has 4 heteroatoms. The van der Waals surface area contributed by atoms with Crippen molar-refractivity contribution in [1.29, 1.82) is 0 Å².